The molecule has 0 spiro atoms. The molecule has 1 aliphatic rings. The van der Waals surface area contributed by atoms with E-state index in [1.54, 1.807) is 4.90 Å². The minimum atomic E-state index is -1.14. The first-order valence-corrected chi connectivity index (χ1v) is 7.80. The van der Waals surface area contributed by atoms with Gasteiger partial charge in [-0.05, 0) is 18.4 Å². The first-order chi connectivity index (χ1) is 11.6. The number of amides is 1. The number of nitrogens with zero attached hydrogens (tertiary/aromatic N) is 2. The van der Waals surface area contributed by atoms with Gasteiger partial charge < -0.3 is 19.6 Å². The van der Waals surface area contributed by atoms with Gasteiger partial charge in [-0.3, -0.25) is 9.69 Å². The summed E-state index contributed by atoms with van der Waals surface area (Å²) in [5.74, 6) is -1.35. The third-order valence-electron chi connectivity index (χ3n) is 4.22. The third kappa shape index (κ3) is 4.92. The summed E-state index contributed by atoms with van der Waals surface area (Å²) in [6.07, 6.45) is 3.64. The van der Waals surface area contributed by atoms with Crippen molar-refractivity contribution in [3.63, 3.8) is 0 Å². The Labute approximate surface area is 167 Å². The van der Waals surface area contributed by atoms with Crippen LogP contribution >= 0.6 is 0 Å². The molecule has 25 heavy (non-hydrogen) atoms. The Bertz CT molecular complexity index is 693. The van der Waals surface area contributed by atoms with Crippen LogP contribution in [-0.4, -0.2) is 33.8 Å². The Morgan fingerprint density at radius 3 is 2.60 bits per heavy atom. The Balaban J connectivity index is 0.00000225. The van der Waals surface area contributed by atoms with Gasteiger partial charge in [-0.15, -0.1) is 0 Å². The van der Waals surface area contributed by atoms with Crippen LogP contribution in [0.5, 0.6) is 0 Å². The standard InChI is InChI=1S/C17H19N3O4.Na/c21-16(18-8-13-10-24-11-19-13)14-6-7-15(17(22)23)20(14)9-12-4-2-1-3-5-12;/h1-5,10-11,14-15H,6-9H2,(H,18,21)(H,22,23);/q;+1/p-1. The van der Waals surface area contributed by atoms with Gasteiger partial charge in [0.2, 0.25) is 5.91 Å². The van der Waals surface area contributed by atoms with Crippen molar-refractivity contribution in [3.05, 3.63) is 54.2 Å². The summed E-state index contributed by atoms with van der Waals surface area (Å²) >= 11 is 0. The molecule has 1 fully saturated rings. The number of aromatic nitrogens is 1. The molecule has 1 aliphatic heterocycles. The summed E-state index contributed by atoms with van der Waals surface area (Å²) in [6, 6.07) is 8.24. The molecule has 2 atom stereocenters. The maximum atomic E-state index is 12.5. The molecule has 2 heterocycles. The summed E-state index contributed by atoms with van der Waals surface area (Å²) in [5, 5.41) is 14.2. The second kappa shape index (κ2) is 9.15. The van der Waals surface area contributed by atoms with Crippen LogP contribution in [0.15, 0.2) is 47.4 Å². The van der Waals surface area contributed by atoms with E-state index in [0.29, 0.717) is 25.1 Å². The zero-order valence-electron chi connectivity index (χ0n) is 14.1. The van der Waals surface area contributed by atoms with E-state index in [2.05, 4.69) is 10.3 Å². The number of hydrogen-bond donors (Lipinski definition) is 1. The third-order valence-corrected chi connectivity index (χ3v) is 4.22. The average molecular weight is 351 g/mol. The number of benzene rings is 1. The number of carboxylic acid groups (broad SMARTS) is 1. The number of nitrogens with one attached hydrogen (secondary N) is 1. The molecule has 1 aromatic heterocycles. The first kappa shape index (κ1) is 19.7. The number of oxazole rings is 1. The monoisotopic (exact) mass is 351 g/mol. The van der Waals surface area contributed by atoms with E-state index >= 15 is 0 Å². The van der Waals surface area contributed by atoms with E-state index in [-0.39, 0.29) is 42.0 Å². The predicted molar refractivity (Wildman–Crippen MR) is 82.2 cm³/mol. The fraction of sp³-hybridized carbons (Fsp3) is 0.353. The SMILES string of the molecule is O=C([O-])C1CCC(C(=O)NCc2cocn2)N1Cc1ccccc1.[Na+]. The van der Waals surface area contributed by atoms with E-state index in [4.69, 9.17) is 4.42 Å². The maximum absolute atomic E-state index is 12.5. The van der Waals surface area contributed by atoms with E-state index in [9.17, 15) is 14.7 Å². The van der Waals surface area contributed by atoms with Crippen molar-refractivity contribution in [2.45, 2.75) is 38.0 Å². The number of aliphatic carboxylic acids is 1. The van der Waals surface area contributed by atoms with Crippen molar-refractivity contribution in [3.8, 4) is 0 Å². The molecule has 2 unspecified atom stereocenters. The first-order valence-electron chi connectivity index (χ1n) is 7.80. The molecule has 0 aliphatic carbocycles. The Morgan fingerprint density at radius 1 is 1.24 bits per heavy atom. The van der Waals surface area contributed by atoms with Crippen LogP contribution in [0.25, 0.3) is 0 Å². The number of carboxylic acids is 1. The van der Waals surface area contributed by atoms with Gasteiger partial charge in [0.25, 0.3) is 0 Å². The van der Waals surface area contributed by atoms with Gasteiger partial charge in [-0.1, -0.05) is 30.3 Å². The molecular weight excluding hydrogens is 333 g/mol. The molecule has 7 nitrogen and oxygen atoms in total. The molecule has 126 valence electrons. The summed E-state index contributed by atoms with van der Waals surface area (Å²) in [6.45, 7) is 0.641. The van der Waals surface area contributed by atoms with Crippen LogP contribution in [0.4, 0.5) is 0 Å². The normalized spacial score (nSPS) is 20.0. The summed E-state index contributed by atoms with van der Waals surface area (Å²) in [4.78, 5) is 29.5. The van der Waals surface area contributed by atoms with Gasteiger partial charge in [-0.2, -0.15) is 0 Å². The zero-order chi connectivity index (χ0) is 16.9. The molecule has 1 saturated heterocycles. The second-order valence-corrected chi connectivity index (χ2v) is 5.78. The van der Waals surface area contributed by atoms with Crippen molar-refractivity contribution >= 4 is 11.9 Å². The van der Waals surface area contributed by atoms with Gasteiger partial charge in [0.1, 0.15) is 6.26 Å². The number of hydrogen-bond acceptors (Lipinski definition) is 6. The van der Waals surface area contributed by atoms with Gasteiger partial charge in [-0.25, -0.2) is 4.98 Å². The predicted octanol–water partition coefficient (Wildman–Crippen LogP) is -2.92. The Morgan fingerprint density at radius 2 is 1.96 bits per heavy atom. The van der Waals surface area contributed by atoms with Gasteiger partial charge in [0.05, 0.1) is 30.3 Å². The minimum absolute atomic E-state index is 0. The molecule has 1 aromatic carbocycles. The molecule has 1 amide bonds. The number of carbonyl (C=O) groups excluding carboxylic acids is 2. The van der Waals surface area contributed by atoms with Crippen molar-refractivity contribution in [1.29, 1.82) is 0 Å². The van der Waals surface area contributed by atoms with Crippen molar-refractivity contribution in [1.82, 2.24) is 15.2 Å². The summed E-state index contributed by atoms with van der Waals surface area (Å²) < 4.78 is 4.86. The average Bonchev–Trinajstić information content (AvgIpc) is 3.23. The number of carbonyl (C=O) groups is 2. The molecule has 2 aromatic rings. The topological polar surface area (TPSA) is 98.5 Å². The molecule has 0 radical (unpaired) electrons. The Hall–Kier alpha value is -1.67. The van der Waals surface area contributed by atoms with Crippen molar-refractivity contribution in [2.75, 3.05) is 0 Å². The smallest absolute Gasteiger partial charge is 0.548 e. The number of likely N-dealkylation sites (tertiary alicyclic amines) is 1. The van der Waals surface area contributed by atoms with Gasteiger partial charge in [0, 0.05) is 6.54 Å². The largest absolute Gasteiger partial charge is 1.00 e. The van der Waals surface area contributed by atoms with Crippen LogP contribution < -0.4 is 40.0 Å². The van der Waals surface area contributed by atoms with E-state index in [0.717, 1.165) is 5.56 Å². The molecule has 1 N–H and O–H groups in total. The fourth-order valence-electron chi connectivity index (χ4n) is 3.03. The second-order valence-electron chi connectivity index (χ2n) is 5.78. The van der Waals surface area contributed by atoms with Crippen LogP contribution in [-0.2, 0) is 22.7 Å². The van der Waals surface area contributed by atoms with Gasteiger partial charge in [0.15, 0.2) is 6.39 Å². The van der Waals surface area contributed by atoms with E-state index in [1.165, 1.54) is 12.7 Å². The minimum Gasteiger partial charge on any atom is -0.548 e. The van der Waals surface area contributed by atoms with Crippen molar-refractivity contribution in [2.24, 2.45) is 0 Å². The van der Waals surface area contributed by atoms with Crippen LogP contribution in [0.2, 0.25) is 0 Å². The Kier molecular flexibility index (Phi) is 7.19. The van der Waals surface area contributed by atoms with Crippen LogP contribution in [0.3, 0.4) is 0 Å². The quantitative estimate of drug-likeness (QED) is 0.560. The number of rotatable bonds is 6. The summed E-state index contributed by atoms with van der Waals surface area (Å²) in [7, 11) is 0. The molecule has 3 rings (SSSR count). The van der Waals surface area contributed by atoms with Crippen LogP contribution in [0, 0.1) is 0 Å². The fourth-order valence-corrected chi connectivity index (χ4v) is 3.03. The van der Waals surface area contributed by atoms with Gasteiger partial charge >= 0.3 is 29.6 Å². The molecule has 8 heteroatoms. The van der Waals surface area contributed by atoms with Crippen molar-refractivity contribution < 1.29 is 48.7 Å². The van der Waals surface area contributed by atoms with E-state index < -0.39 is 18.1 Å². The zero-order valence-corrected chi connectivity index (χ0v) is 16.1. The van der Waals surface area contributed by atoms with Crippen LogP contribution in [0.1, 0.15) is 24.1 Å². The molecular formula is C17H18N3NaO4. The summed E-state index contributed by atoms with van der Waals surface area (Å²) in [5.41, 5.74) is 1.58. The maximum Gasteiger partial charge on any atom is 1.00 e. The molecule has 0 bridgehead atoms. The van der Waals surface area contributed by atoms with E-state index in [1.807, 2.05) is 30.3 Å². The molecule has 0 saturated carbocycles.